The maximum atomic E-state index is 12.4. The second-order valence-corrected chi connectivity index (χ2v) is 6.87. The molecule has 2 aromatic rings. The van der Waals surface area contributed by atoms with Crippen LogP contribution < -0.4 is 15.0 Å². The Balaban J connectivity index is 2.50. The van der Waals surface area contributed by atoms with Crippen LogP contribution in [0.25, 0.3) is 11.3 Å². The number of anilines is 1. The Kier molecular flexibility index (Phi) is 7.79. The van der Waals surface area contributed by atoms with Crippen molar-refractivity contribution in [1.82, 2.24) is 15.3 Å². The summed E-state index contributed by atoms with van der Waals surface area (Å²) < 4.78 is 41.3. The van der Waals surface area contributed by atoms with Crippen molar-refractivity contribution in [2.24, 2.45) is 0 Å². The van der Waals surface area contributed by atoms with Gasteiger partial charge < -0.3 is 15.0 Å². The molecule has 0 bridgehead atoms. The number of ether oxygens (including phenoxy) is 1. The van der Waals surface area contributed by atoms with Gasteiger partial charge in [0.05, 0.1) is 12.2 Å². The zero-order chi connectivity index (χ0) is 23.2. The van der Waals surface area contributed by atoms with Crippen molar-refractivity contribution in [3.05, 3.63) is 60.1 Å². The summed E-state index contributed by atoms with van der Waals surface area (Å²) >= 11 is 0. The number of alkyl halides is 3. The largest absolute Gasteiger partial charge is 0.573 e. The predicted molar refractivity (Wildman–Crippen MR) is 113 cm³/mol. The Labute approximate surface area is 179 Å². The first-order chi connectivity index (χ1) is 14.5. The van der Waals surface area contributed by atoms with Gasteiger partial charge in [-0.25, -0.2) is 9.97 Å². The van der Waals surface area contributed by atoms with Crippen molar-refractivity contribution in [3.63, 3.8) is 0 Å². The molecule has 0 unspecified atom stereocenters. The van der Waals surface area contributed by atoms with Gasteiger partial charge in [0, 0.05) is 24.4 Å². The van der Waals surface area contributed by atoms with Crippen LogP contribution in [0.2, 0.25) is 0 Å². The Hall–Kier alpha value is -3.36. The van der Waals surface area contributed by atoms with E-state index in [-0.39, 0.29) is 18.2 Å². The summed E-state index contributed by atoms with van der Waals surface area (Å²) in [5.41, 5.74) is 3.01. The van der Waals surface area contributed by atoms with E-state index < -0.39 is 6.36 Å². The molecule has 1 heterocycles. The zero-order valence-electron chi connectivity index (χ0n) is 17.9. The maximum absolute atomic E-state index is 12.4. The van der Waals surface area contributed by atoms with E-state index in [2.05, 4.69) is 26.6 Å². The lowest BCUT2D eigenvalue weighted by Gasteiger charge is -2.20. The fraction of sp³-hybridized carbons (Fsp3) is 0.318. The number of benzene rings is 1. The normalized spacial score (nSPS) is 11.8. The number of halogens is 3. The predicted octanol–water partition coefficient (Wildman–Crippen LogP) is 4.90. The van der Waals surface area contributed by atoms with Crippen LogP contribution in [-0.2, 0) is 11.3 Å². The van der Waals surface area contributed by atoms with Crippen LogP contribution in [0.5, 0.6) is 5.75 Å². The summed E-state index contributed by atoms with van der Waals surface area (Å²) in [7, 11) is 1.85. The highest BCUT2D eigenvalue weighted by Crippen LogP contribution is 2.30. The van der Waals surface area contributed by atoms with Gasteiger partial charge in [-0.05, 0) is 50.6 Å². The van der Waals surface area contributed by atoms with Crippen LogP contribution >= 0.6 is 0 Å². The Morgan fingerprint density at radius 1 is 1.26 bits per heavy atom. The number of hydrogen-bond donors (Lipinski definition) is 1. The van der Waals surface area contributed by atoms with E-state index in [0.717, 1.165) is 23.6 Å². The van der Waals surface area contributed by atoms with Gasteiger partial charge in [-0.3, -0.25) is 4.79 Å². The summed E-state index contributed by atoms with van der Waals surface area (Å²) in [5.74, 6) is 0.295. The molecule has 1 aromatic carbocycles. The van der Waals surface area contributed by atoms with Gasteiger partial charge in [0.25, 0.3) is 0 Å². The molecular weight excluding hydrogens is 409 g/mol. The first-order valence-electron chi connectivity index (χ1n) is 9.58. The summed E-state index contributed by atoms with van der Waals surface area (Å²) in [6, 6.07) is 5.46. The second kappa shape index (κ2) is 10.1. The van der Waals surface area contributed by atoms with Crippen molar-refractivity contribution in [2.45, 2.75) is 40.1 Å². The third-order valence-corrected chi connectivity index (χ3v) is 4.44. The van der Waals surface area contributed by atoms with E-state index in [9.17, 15) is 18.0 Å². The van der Waals surface area contributed by atoms with Gasteiger partial charge in [-0.2, -0.15) is 0 Å². The lowest BCUT2D eigenvalue weighted by atomic mass is 10.1. The third kappa shape index (κ3) is 6.84. The van der Waals surface area contributed by atoms with Gasteiger partial charge in [0.2, 0.25) is 5.91 Å². The topological polar surface area (TPSA) is 67.3 Å². The van der Waals surface area contributed by atoms with Gasteiger partial charge in [-0.1, -0.05) is 19.1 Å². The number of rotatable bonds is 8. The van der Waals surface area contributed by atoms with E-state index in [1.54, 1.807) is 0 Å². The number of amides is 1. The van der Waals surface area contributed by atoms with E-state index >= 15 is 0 Å². The summed E-state index contributed by atoms with van der Waals surface area (Å²) in [6.45, 7) is 9.36. The lowest BCUT2D eigenvalue weighted by Crippen LogP contribution is -2.23. The molecule has 1 N–H and O–H groups in total. The molecule has 1 amide bonds. The number of carbonyl (C=O) groups is 1. The molecule has 1 aromatic heterocycles. The quantitative estimate of drug-likeness (QED) is 0.599. The molecular formula is C22H25F3N4O2. The second-order valence-electron chi connectivity index (χ2n) is 6.87. The standard InChI is InChI=1S/C22H25F3N4O2/c1-6-14(3)13-29(5)21-15(4)20(27-18(28-21)12-26-19(30)7-2)16-8-10-17(11-9-16)31-22(23,24)25/h7-11,13H,2,6,12H2,1,3-5H3,(H,26,30)/b14-13+. The highest BCUT2D eigenvalue weighted by molar-refractivity contribution is 5.86. The number of nitrogens with one attached hydrogen (secondary N) is 1. The van der Waals surface area contributed by atoms with Gasteiger partial charge >= 0.3 is 6.36 Å². The zero-order valence-corrected chi connectivity index (χ0v) is 17.9. The molecule has 6 nitrogen and oxygen atoms in total. The molecule has 2 rings (SSSR count). The van der Waals surface area contributed by atoms with Crippen molar-refractivity contribution in [2.75, 3.05) is 11.9 Å². The monoisotopic (exact) mass is 434 g/mol. The van der Waals surface area contributed by atoms with Crippen molar-refractivity contribution in [3.8, 4) is 17.0 Å². The lowest BCUT2D eigenvalue weighted by molar-refractivity contribution is -0.274. The number of hydrogen-bond acceptors (Lipinski definition) is 5. The number of aromatic nitrogens is 2. The molecule has 0 spiro atoms. The average molecular weight is 434 g/mol. The highest BCUT2D eigenvalue weighted by Gasteiger charge is 2.31. The van der Waals surface area contributed by atoms with E-state index in [1.807, 2.05) is 38.9 Å². The van der Waals surface area contributed by atoms with Crippen molar-refractivity contribution in [1.29, 1.82) is 0 Å². The Morgan fingerprint density at radius 2 is 1.90 bits per heavy atom. The molecule has 0 aliphatic rings. The van der Waals surface area contributed by atoms with Gasteiger partial charge in [-0.15, -0.1) is 13.2 Å². The smallest absolute Gasteiger partial charge is 0.406 e. The summed E-state index contributed by atoms with van der Waals surface area (Å²) in [4.78, 5) is 22.5. The molecule has 0 aliphatic heterocycles. The minimum absolute atomic E-state index is 0.0741. The van der Waals surface area contributed by atoms with Crippen LogP contribution in [-0.4, -0.2) is 29.3 Å². The number of carbonyl (C=O) groups excluding carboxylic acids is 1. The molecule has 31 heavy (non-hydrogen) atoms. The Bertz CT molecular complexity index is 970. The van der Waals surface area contributed by atoms with Crippen LogP contribution in [0, 0.1) is 6.92 Å². The van der Waals surface area contributed by atoms with Gasteiger partial charge in [0.15, 0.2) is 5.82 Å². The molecule has 0 aliphatic carbocycles. The molecule has 166 valence electrons. The first kappa shape index (κ1) is 23.9. The number of allylic oxidation sites excluding steroid dienone is 1. The van der Waals surface area contributed by atoms with Crippen LogP contribution in [0.4, 0.5) is 19.0 Å². The fourth-order valence-corrected chi connectivity index (χ4v) is 2.79. The fourth-order valence-electron chi connectivity index (χ4n) is 2.79. The van der Waals surface area contributed by atoms with Crippen LogP contribution in [0.1, 0.15) is 31.7 Å². The van der Waals surface area contributed by atoms with Crippen molar-refractivity contribution >= 4 is 11.7 Å². The highest BCUT2D eigenvalue weighted by atomic mass is 19.4. The van der Waals surface area contributed by atoms with E-state index in [4.69, 9.17) is 0 Å². The van der Waals surface area contributed by atoms with Crippen LogP contribution in [0.3, 0.4) is 0 Å². The van der Waals surface area contributed by atoms with E-state index in [1.165, 1.54) is 24.3 Å². The molecule has 0 saturated heterocycles. The van der Waals surface area contributed by atoms with E-state index in [0.29, 0.717) is 22.9 Å². The summed E-state index contributed by atoms with van der Waals surface area (Å²) in [5, 5.41) is 2.64. The minimum atomic E-state index is -4.76. The first-order valence-corrected chi connectivity index (χ1v) is 9.58. The Morgan fingerprint density at radius 3 is 2.45 bits per heavy atom. The molecule has 0 saturated carbocycles. The third-order valence-electron chi connectivity index (χ3n) is 4.44. The SMILES string of the molecule is C=CC(=O)NCc1nc(-c2ccc(OC(F)(F)F)cc2)c(C)c(N(C)/C=C(\C)CC)n1. The number of nitrogens with zero attached hydrogens (tertiary/aromatic N) is 3. The van der Waals surface area contributed by atoms with Gasteiger partial charge in [0.1, 0.15) is 11.6 Å². The molecule has 0 atom stereocenters. The van der Waals surface area contributed by atoms with Crippen LogP contribution in [0.15, 0.2) is 48.7 Å². The van der Waals surface area contributed by atoms with Crippen molar-refractivity contribution < 1.29 is 22.7 Å². The minimum Gasteiger partial charge on any atom is -0.406 e. The average Bonchev–Trinajstić information content (AvgIpc) is 2.71. The maximum Gasteiger partial charge on any atom is 0.573 e. The molecule has 0 radical (unpaired) electrons. The molecule has 9 heteroatoms. The molecule has 0 fully saturated rings. The summed E-state index contributed by atoms with van der Waals surface area (Å²) in [6.07, 6.45) is -0.799.